The molecule has 2 aromatic heterocycles. The largest absolute Gasteiger partial charge is 0.466 e. The number of amides is 1. The van der Waals surface area contributed by atoms with Crippen LogP contribution in [0.2, 0.25) is 0 Å². The highest BCUT2D eigenvalue weighted by Crippen LogP contribution is 2.26. The van der Waals surface area contributed by atoms with Gasteiger partial charge in [-0.2, -0.15) is 0 Å². The summed E-state index contributed by atoms with van der Waals surface area (Å²) >= 11 is 1.23. The molecule has 7 heteroatoms. The van der Waals surface area contributed by atoms with Gasteiger partial charge in [0.1, 0.15) is 22.2 Å². The number of nitrogens with zero attached hydrogens (tertiary/aromatic N) is 1. The van der Waals surface area contributed by atoms with E-state index in [1.165, 1.54) is 11.3 Å². The van der Waals surface area contributed by atoms with E-state index < -0.39 is 0 Å². The molecule has 0 aliphatic carbocycles. The minimum absolute atomic E-state index is 0.153. The van der Waals surface area contributed by atoms with E-state index in [0.29, 0.717) is 10.0 Å². The first-order valence-electron chi connectivity index (χ1n) is 6.24. The lowest BCUT2D eigenvalue weighted by atomic mass is 10.1. The van der Waals surface area contributed by atoms with Gasteiger partial charge in [-0.3, -0.25) is 4.79 Å². The average molecular weight is 294 g/mol. The van der Waals surface area contributed by atoms with Crippen molar-refractivity contribution in [3.63, 3.8) is 0 Å². The molecule has 2 aromatic rings. The van der Waals surface area contributed by atoms with Gasteiger partial charge in [0.2, 0.25) is 0 Å². The second-order valence-electron chi connectivity index (χ2n) is 4.55. The Balaban J connectivity index is 2.14. The van der Waals surface area contributed by atoms with Crippen molar-refractivity contribution in [2.24, 2.45) is 0 Å². The standard InChI is InChI=1S/C13H18N4O2S/c1-6-5-9(8(3)19-6)7(2)16-12(18)10-11(14)17-13(15-4)20-10/h5,7H,14H2,1-4H3,(H,15,17)(H,16,18). The lowest BCUT2D eigenvalue weighted by Gasteiger charge is -2.12. The zero-order chi connectivity index (χ0) is 14.9. The van der Waals surface area contributed by atoms with E-state index in [1.807, 2.05) is 26.8 Å². The highest BCUT2D eigenvalue weighted by molar-refractivity contribution is 7.18. The Labute approximate surface area is 121 Å². The molecule has 0 saturated carbocycles. The highest BCUT2D eigenvalue weighted by atomic mass is 32.1. The molecule has 0 radical (unpaired) electrons. The SMILES string of the molecule is CNc1nc(N)c(C(=O)NC(C)c2cc(C)oc2C)s1. The van der Waals surface area contributed by atoms with E-state index in [4.69, 9.17) is 10.2 Å². The Morgan fingerprint density at radius 2 is 2.20 bits per heavy atom. The maximum atomic E-state index is 12.2. The summed E-state index contributed by atoms with van der Waals surface area (Å²) < 4.78 is 5.47. The van der Waals surface area contributed by atoms with Crippen molar-refractivity contribution >= 4 is 28.2 Å². The van der Waals surface area contributed by atoms with Gasteiger partial charge in [0.25, 0.3) is 5.91 Å². The smallest absolute Gasteiger partial charge is 0.265 e. The first kappa shape index (κ1) is 14.4. The van der Waals surface area contributed by atoms with Crippen LogP contribution in [0.1, 0.15) is 39.7 Å². The predicted molar refractivity (Wildman–Crippen MR) is 80.1 cm³/mol. The molecule has 1 amide bonds. The van der Waals surface area contributed by atoms with Gasteiger partial charge in [0.15, 0.2) is 5.13 Å². The molecule has 6 nitrogen and oxygen atoms in total. The summed E-state index contributed by atoms with van der Waals surface area (Å²) in [4.78, 5) is 16.7. The second kappa shape index (κ2) is 5.54. The number of aromatic nitrogens is 1. The van der Waals surface area contributed by atoms with Gasteiger partial charge in [0.05, 0.1) is 6.04 Å². The molecule has 1 atom stereocenters. The van der Waals surface area contributed by atoms with Gasteiger partial charge in [-0.1, -0.05) is 11.3 Å². The third-order valence-corrected chi connectivity index (χ3v) is 4.05. The fourth-order valence-electron chi connectivity index (χ4n) is 2.02. The van der Waals surface area contributed by atoms with Crippen LogP contribution < -0.4 is 16.4 Å². The van der Waals surface area contributed by atoms with Crippen LogP contribution in [0.25, 0.3) is 0 Å². The summed E-state index contributed by atoms with van der Waals surface area (Å²) in [5.74, 6) is 1.65. The number of aryl methyl sites for hydroxylation is 2. The molecule has 0 aromatic carbocycles. The summed E-state index contributed by atoms with van der Waals surface area (Å²) in [7, 11) is 1.74. The molecule has 0 aliphatic heterocycles. The number of rotatable bonds is 4. The number of nitrogens with two attached hydrogens (primary N) is 1. The van der Waals surface area contributed by atoms with Crippen LogP contribution in [-0.2, 0) is 0 Å². The molecule has 2 heterocycles. The molecular formula is C13H18N4O2S. The molecule has 1 unspecified atom stereocenters. The molecule has 0 saturated heterocycles. The van der Waals surface area contributed by atoms with Crippen LogP contribution >= 0.6 is 11.3 Å². The van der Waals surface area contributed by atoms with Crippen LogP contribution in [0.15, 0.2) is 10.5 Å². The monoisotopic (exact) mass is 294 g/mol. The van der Waals surface area contributed by atoms with Crippen molar-refractivity contribution in [2.45, 2.75) is 26.8 Å². The first-order valence-corrected chi connectivity index (χ1v) is 7.06. The fraction of sp³-hybridized carbons (Fsp3) is 0.385. The summed E-state index contributed by atoms with van der Waals surface area (Å²) in [6, 6.07) is 1.77. The van der Waals surface area contributed by atoms with Gasteiger partial charge in [0, 0.05) is 12.6 Å². The summed E-state index contributed by atoms with van der Waals surface area (Å²) in [5, 5.41) is 6.40. The maximum absolute atomic E-state index is 12.2. The van der Waals surface area contributed by atoms with Gasteiger partial charge >= 0.3 is 0 Å². The second-order valence-corrected chi connectivity index (χ2v) is 5.55. The van der Waals surface area contributed by atoms with Crippen LogP contribution in [-0.4, -0.2) is 17.9 Å². The number of hydrogen-bond acceptors (Lipinski definition) is 6. The molecule has 4 N–H and O–H groups in total. The van der Waals surface area contributed by atoms with Gasteiger partial charge < -0.3 is 20.8 Å². The number of carbonyl (C=O) groups is 1. The first-order chi connectivity index (χ1) is 9.42. The Kier molecular flexibility index (Phi) is 3.99. The van der Waals surface area contributed by atoms with Gasteiger partial charge in [-0.05, 0) is 26.8 Å². The van der Waals surface area contributed by atoms with Gasteiger partial charge in [-0.15, -0.1) is 0 Å². The molecular weight excluding hydrogens is 276 g/mol. The Bertz CT molecular complexity index is 632. The van der Waals surface area contributed by atoms with E-state index in [0.717, 1.165) is 17.1 Å². The minimum atomic E-state index is -0.229. The lowest BCUT2D eigenvalue weighted by molar-refractivity contribution is 0.0944. The Morgan fingerprint density at radius 1 is 1.50 bits per heavy atom. The third-order valence-electron chi connectivity index (χ3n) is 2.97. The van der Waals surface area contributed by atoms with E-state index >= 15 is 0 Å². The molecule has 2 rings (SSSR count). The lowest BCUT2D eigenvalue weighted by Crippen LogP contribution is -2.26. The quantitative estimate of drug-likeness (QED) is 0.805. The molecule has 108 valence electrons. The molecule has 20 heavy (non-hydrogen) atoms. The zero-order valence-corrected chi connectivity index (χ0v) is 12.7. The summed E-state index contributed by atoms with van der Waals surface area (Å²) in [6.45, 7) is 5.67. The molecule has 0 aliphatic rings. The number of thiazole rings is 1. The van der Waals surface area contributed by atoms with E-state index in [2.05, 4.69) is 15.6 Å². The number of furan rings is 1. The average Bonchev–Trinajstić information content (AvgIpc) is 2.91. The molecule has 0 bridgehead atoms. The zero-order valence-electron chi connectivity index (χ0n) is 11.9. The van der Waals surface area contributed by atoms with Gasteiger partial charge in [-0.25, -0.2) is 4.98 Å². The van der Waals surface area contributed by atoms with Crippen molar-refractivity contribution in [3.8, 4) is 0 Å². The normalized spacial score (nSPS) is 12.2. The number of nitrogen functional groups attached to an aromatic ring is 1. The van der Waals surface area contributed by atoms with Crippen molar-refractivity contribution < 1.29 is 9.21 Å². The van der Waals surface area contributed by atoms with Crippen molar-refractivity contribution in [1.29, 1.82) is 0 Å². The Hall–Kier alpha value is -2.02. The predicted octanol–water partition coefficient (Wildman–Crippen LogP) is 2.47. The number of anilines is 2. The maximum Gasteiger partial charge on any atom is 0.265 e. The van der Waals surface area contributed by atoms with E-state index in [1.54, 1.807) is 7.05 Å². The number of carbonyl (C=O) groups excluding carboxylic acids is 1. The highest BCUT2D eigenvalue weighted by Gasteiger charge is 2.20. The van der Waals surface area contributed by atoms with Crippen LogP contribution in [0.3, 0.4) is 0 Å². The van der Waals surface area contributed by atoms with Crippen molar-refractivity contribution in [2.75, 3.05) is 18.1 Å². The summed E-state index contributed by atoms with van der Waals surface area (Å²) in [6.07, 6.45) is 0. The minimum Gasteiger partial charge on any atom is -0.466 e. The molecule has 0 spiro atoms. The Morgan fingerprint density at radius 3 is 2.70 bits per heavy atom. The molecule has 0 fully saturated rings. The number of hydrogen-bond donors (Lipinski definition) is 3. The van der Waals surface area contributed by atoms with Crippen molar-refractivity contribution in [1.82, 2.24) is 10.3 Å². The van der Waals surface area contributed by atoms with Crippen LogP contribution in [0.5, 0.6) is 0 Å². The summed E-state index contributed by atoms with van der Waals surface area (Å²) in [5.41, 5.74) is 6.71. The number of nitrogens with one attached hydrogen (secondary N) is 2. The van der Waals surface area contributed by atoms with E-state index in [-0.39, 0.29) is 17.8 Å². The fourth-order valence-corrected chi connectivity index (χ4v) is 2.76. The topological polar surface area (TPSA) is 93.2 Å². The third kappa shape index (κ3) is 2.77. The van der Waals surface area contributed by atoms with Crippen LogP contribution in [0.4, 0.5) is 10.9 Å². The van der Waals surface area contributed by atoms with E-state index in [9.17, 15) is 4.79 Å². The van der Waals surface area contributed by atoms with Crippen molar-refractivity contribution in [3.05, 3.63) is 28.0 Å². The van der Waals surface area contributed by atoms with Crippen LogP contribution in [0, 0.1) is 13.8 Å².